The summed E-state index contributed by atoms with van der Waals surface area (Å²) in [6.45, 7) is 1.51. The largest absolute Gasteiger partial charge is 0.272 e. The summed E-state index contributed by atoms with van der Waals surface area (Å²) in [6, 6.07) is 16.7. The molecule has 1 unspecified atom stereocenters. The lowest BCUT2D eigenvalue weighted by molar-refractivity contribution is -0.385. The van der Waals surface area contributed by atoms with E-state index in [-0.39, 0.29) is 34.8 Å². The Morgan fingerprint density at radius 1 is 0.971 bits per heavy atom. The van der Waals surface area contributed by atoms with Gasteiger partial charge in [-0.2, -0.15) is 4.31 Å². The van der Waals surface area contributed by atoms with E-state index in [9.17, 15) is 28.1 Å². The van der Waals surface area contributed by atoms with Crippen LogP contribution in [0.15, 0.2) is 71.6 Å². The summed E-state index contributed by atoms with van der Waals surface area (Å²) in [5, 5.41) is 11.3. The van der Waals surface area contributed by atoms with Crippen molar-refractivity contribution in [2.24, 2.45) is 0 Å². The van der Waals surface area contributed by atoms with E-state index in [1.807, 2.05) is 12.1 Å². The van der Waals surface area contributed by atoms with Crippen LogP contribution >= 0.6 is 0 Å². The van der Waals surface area contributed by atoms with Crippen molar-refractivity contribution in [2.75, 3.05) is 13.1 Å². The van der Waals surface area contributed by atoms with E-state index in [1.54, 1.807) is 43.3 Å². The summed E-state index contributed by atoms with van der Waals surface area (Å²) in [5.74, 6) is -0.949. The first-order valence-electron chi connectivity index (χ1n) is 11.0. The third kappa shape index (κ3) is 3.71. The molecule has 178 valence electrons. The fraction of sp³-hybridized carbons (Fsp3) is 0.200. The molecule has 0 saturated heterocycles. The van der Waals surface area contributed by atoms with Gasteiger partial charge in [-0.1, -0.05) is 42.5 Å². The zero-order chi connectivity index (χ0) is 24.9. The Labute approximate surface area is 201 Å². The minimum absolute atomic E-state index is 0.106. The molecule has 2 heterocycles. The Balaban J connectivity index is 1.59. The van der Waals surface area contributed by atoms with E-state index in [2.05, 4.69) is 0 Å². The van der Waals surface area contributed by atoms with Crippen molar-refractivity contribution in [3.8, 4) is 0 Å². The van der Waals surface area contributed by atoms with Gasteiger partial charge in [0, 0.05) is 18.7 Å². The van der Waals surface area contributed by atoms with Gasteiger partial charge in [0.05, 0.1) is 33.5 Å². The van der Waals surface area contributed by atoms with E-state index in [4.69, 9.17) is 0 Å². The molecule has 3 aromatic rings. The predicted octanol–water partition coefficient (Wildman–Crippen LogP) is 3.49. The molecule has 5 rings (SSSR count). The molecule has 0 aromatic heterocycles. The number of carbonyl (C=O) groups is 2. The number of nitrogens with zero attached hydrogens (tertiary/aromatic N) is 3. The van der Waals surface area contributed by atoms with Crippen LogP contribution in [0.25, 0.3) is 0 Å². The van der Waals surface area contributed by atoms with Gasteiger partial charge >= 0.3 is 0 Å². The highest BCUT2D eigenvalue weighted by atomic mass is 32.2. The van der Waals surface area contributed by atoms with Crippen LogP contribution in [0.1, 0.15) is 43.4 Å². The molecule has 35 heavy (non-hydrogen) atoms. The quantitative estimate of drug-likeness (QED) is 0.306. The molecular formula is C25H21N3O6S. The molecule has 0 fully saturated rings. The number of nitro groups is 1. The van der Waals surface area contributed by atoms with Crippen LogP contribution in [0, 0.1) is 17.0 Å². The zero-order valence-electron chi connectivity index (χ0n) is 18.7. The molecule has 0 aliphatic carbocycles. The number of fused-ring (bicyclic) bond motifs is 2. The van der Waals surface area contributed by atoms with Gasteiger partial charge in [0.25, 0.3) is 17.5 Å². The smallest absolute Gasteiger partial charge is 0.270 e. The Morgan fingerprint density at radius 3 is 2.26 bits per heavy atom. The number of imide groups is 1. The zero-order valence-corrected chi connectivity index (χ0v) is 19.6. The van der Waals surface area contributed by atoms with Crippen LogP contribution in [-0.4, -0.2) is 47.5 Å². The number of aryl methyl sites for hydroxylation is 1. The summed E-state index contributed by atoms with van der Waals surface area (Å²) >= 11 is 0. The van der Waals surface area contributed by atoms with Crippen LogP contribution in [0.2, 0.25) is 0 Å². The molecule has 0 N–H and O–H groups in total. The van der Waals surface area contributed by atoms with Crippen molar-refractivity contribution in [1.29, 1.82) is 0 Å². The Bertz CT molecular complexity index is 1470. The Kier molecular flexibility index (Phi) is 5.49. The minimum Gasteiger partial charge on any atom is -0.272 e. The number of carbonyl (C=O) groups excluding carboxylic acids is 2. The van der Waals surface area contributed by atoms with Gasteiger partial charge in [0.1, 0.15) is 0 Å². The maximum Gasteiger partial charge on any atom is 0.270 e. The van der Waals surface area contributed by atoms with Gasteiger partial charge in [0.2, 0.25) is 10.0 Å². The molecule has 0 spiro atoms. The first kappa shape index (κ1) is 22.9. The lowest BCUT2D eigenvalue weighted by Gasteiger charge is -2.38. The number of rotatable bonds is 5. The number of hydrogen-bond acceptors (Lipinski definition) is 6. The van der Waals surface area contributed by atoms with Crippen molar-refractivity contribution >= 4 is 27.5 Å². The maximum atomic E-state index is 13.9. The summed E-state index contributed by atoms with van der Waals surface area (Å²) in [6.07, 6.45) is 0.433. The van der Waals surface area contributed by atoms with Crippen LogP contribution in [0.5, 0.6) is 0 Å². The third-order valence-corrected chi connectivity index (χ3v) is 8.62. The number of sulfonamides is 1. The molecule has 2 amide bonds. The molecule has 3 aromatic carbocycles. The normalized spacial score (nSPS) is 17.9. The Hall–Kier alpha value is -3.89. The number of non-ortho nitro benzene ring substituents is 1. The first-order valence-corrected chi connectivity index (χ1v) is 12.4. The van der Waals surface area contributed by atoms with Gasteiger partial charge < -0.3 is 0 Å². The summed E-state index contributed by atoms with van der Waals surface area (Å²) in [5.41, 5.74) is 2.23. The van der Waals surface area contributed by atoms with Crippen molar-refractivity contribution in [3.05, 3.63) is 105 Å². The average molecular weight is 492 g/mol. The van der Waals surface area contributed by atoms with E-state index in [1.165, 1.54) is 16.4 Å². The molecular weight excluding hydrogens is 470 g/mol. The van der Waals surface area contributed by atoms with Crippen molar-refractivity contribution in [3.63, 3.8) is 0 Å². The molecule has 10 heteroatoms. The maximum absolute atomic E-state index is 13.9. The standard InChI is InChI=1S/C25H21N3O6S/c1-16-10-11-18(28(31)32)14-23(16)35(33,34)27-13-12-17-6-2-3-7-19(17)22(27)15-26-24(29)20-8-4-5-9-21(20)25(26)30/h2-11,14,22H,12-13,15H2,1H3. The SMILES string of the molecule is Cc1ccc([N+](=O)[O-])cc1S(=O)(=O)N1CCc2ccccc2C1CN1C(=O)c2ccccc2C1=O. The fourth-order valence-corrected chi connectivity index (χ4v) is 6.63. The second kappa shape index (κ2) is 8.40. The molecule has 1 atom stereocenters. The minimum atomic E-state index is -4.21. The Morgan fingerprint density at radius 2 is 1.60 bits per heavy atom. The van der Waals surface area contributed by atoms with Gasteiger partial charge in [-0.15, -0.1) is 0 Å². The lowest BCUT2D eigenvalue weighted by atomic mass is 9.94. The molecule has 0 radical (unpaired) electrons. The van der Waals surface area contributed by atoms with Gasteiger partial charge in [0.15, 0.2) is 0 Å². The van der Waals surface area contributed by atoms with Crippen LogP contribution in [-0.2, 0) is 16.4 Å². The lowest BCUT2D eigenvalue weighted by Crippen LogP contribution is -2.46. The van der Waals surface area contributed by atoms with Crippen molar-refractivity contribution in [1.82, 2.24) is 9.21 Å². The molecule has 0 bridgehead atoms. The fourth-order valence-electron chi connectivity index (χ4n) is 4.79. The highest BCUT2D eigenvalue weighted by Crippen LogP contribution is 2.37. The summed E-state index contributed by atoms with van der Waals surface area (Å²) in [7, 11) is -4.21. The summed E-state index contributed by atoms with van der Waals surface area (Å²) in [4.78, 5) is 37.7. The van der Waals surface area contributed by atoms with Gasteiger partial charge in [-0.3, -0.25) is 24.6 Å². The van der Waals surface area contributed by atoms with Crippen LogP contribution in [0.3, 0.4) is 0 Å². The molecule has 2 aliphatic rings. The number of benzene rings is 3. The second-order valence-corrected chi connectivity index (χ2v) is 10.4. The number of amides is 2. The van der Waals surface area contributed by atoms with Crippen LogP contribution in [0.4, 0.5) is 5.69 Å². The molecule has 2 aliphatic heterocycles. The highest BCUT2D eigenvalue weighted by Gasteiger charge is 2.43. The molecule has 0 saturated carbocycles. The average Bonchev–Trinajstić information content (AvgIpc) is 3.09. The number of nitro benzene ring substituents is 1. The highest BCUT2D eigenvalue weighted by molar-refractivity contribution is 7.89. The van der Waals surface area contributed by atoms with Gasteiger partial charge in [-0.05, 0) is 42.2 Å². The topological polar surface area (TPSA) is 118 Å². The predicted molar refractivity (Wildman–Crippen MR) is 126 cm³/mol. The van der Waals surface area contributed by atoms with Gasteiger partial charge in [-0.25, -0.2) is 8.42 Å². The van der Waals surface area contributed by atoms with Crippen LogP contribution < -0.4 is 0 Å². The van der Waals surface area contributed by atoms with Crippen molar-refractivity contribution in [2.45, 2.75) is 24.3 Å². The third-order valence-electron chi connectivity index (χ3n) is 6.57. The monoisotopic (exact) mass is 491 g/mol. The molecule has 9 nitrogen and oxygen atoms in total. The van der Waals surface area contributed by atoms with E-state index < -0.39 is 32.8 Å². The summed E-state index contributed by atoms with van der Waals surface area (Å²) < 4.78 is 29.0. The number of hydrogen-bond donors (Lipinski definition) is 0. The van der Waals surface area contributed by atoms with Crippen molar-refractivity contribution < 1.29 is 22.9 Å². The first-order chi connectivity index (χ1) is 16.7. The van der Waals surface area contributed by atoms with E-state index in [0.29, 0.717) is 17.5 Å². The second-order valence-electron chi connectivity index (χ2n) is 8.55. The van der Waals surface area contributed by atoms with E-state index >= 15 is 0 Å². The van der Waals surface area contributed by atoms with E-state index in [0.717, 1.165) is 16.5 Å².